The number of amides is 1. The highest BCUT2D eigenvalue weighted by Crippen LogP contribution is 2.34. The number of anilines is 1. The molecule has 4 atom stereocenters. The molecule has 4 aromatic heterocycles. The Hall–Kier alpha value is -4.20. The number of ether oxygens (including phenoxy) is 2. The molecule has 1 amide bonds. The molecule has 0 saturated carbocycles. The lowest BCUT2D eigenvalue weighted by atomic mass is 10.1. The Morgan fingerprint density at radius 1 is 1.18 bits per heavy atom. The van der Waals surface area contributed by atoms with Gasteiger partial charge in [0.2, 0.25) is 0 Å². The molecule has 0 aliphatic carbocycles. The second-order valence-corrected chi connectivity index (χ2v) is 8.83. The minimum Gasteiger partial charge on any atom is -0.495 e. The van der Waals surface area contributed by atoms with Gasteiger partial charge in [0.25, 0.3) is 5.91 Å². The summed E-state index contributed by atoms with van der Waals surface area (Å²) in [6.07, 6.45) is 1.15. The number of nitrogens with one attached hydrogen (secondary N) is 2. The number of likely N-dealkylation sites (N-methyl/N-ethyl adjacent to an activating group) is 1. The van der Waals surface area contributed by atoms with Crippen molar-refractivity contribution in [2.24, 2.45) is 0 Å². The number of imidazole rings is 1. The van der Waals surface area contributed by atoms with E-state index in [4.69, 9.17) is 9.47 Å². The summed E-state index contributed by atoms with van der Waals surface area (Å²) in [4.78, 5) is 34.8. The Balaban J connectivity index is 1.57. The van der Waals surface area contributed by atoms with E-state index < -0.39 is 30.4 Å². The number of hydrogen-bond donors (Lipinski definition) is 4. The molecule has 1 saturated heterocycles. The van der Waals surface area contributed by atoms with E-state index in [1.165, 1.54) is 18.0 Å². The standard InChI is InChI=1S/C25H28N8O5/c1-4-27-24(36)20-18(34)19(35)25(38-20)33-12-30-17-22(29-10-15-7-13(2)5-6-28-15)31-21(32-23(17)33)14-8-16(37-3)11-26-9-14/h5-9,11-12,18-20,25,34-35H,4,10H2,1-3H3,(H,27,36)(H,29,31,32)/t18-,19+,20-,25+/m0/s1. The van der Waals surface area contributed by atoms with Gasteiger partial charge in [-0.15, -0.1) is 0 Å². The lowest BCUT2D eigenvalue weighted by Crippen LogP contribution is -2.42. The molecule has 38 heavy (non-hydrogen) atoms. The van der Waals surface area contributed by atoms with Crippen LogP contribution in [0.15, 0.2) is 43.1 Å². The predicted molar refractivity (Wildman–Crippen MR) is 136 cm³/mol. The lowest BCUT2D eigenvalue weighted by Gasteiger charge is -2.17. The number of aryl methyl sites for hydroxylation is 1. The molecule has 5 rings (SSSR count). The first-order chi connectivity index (χ1) is 18.4. The van der Waals surface area contributed by atoms with E-state index in [9.17, 15) is 15.0 Å². The topological polar surface area (TPSA) is 169 Å². The number of hydrogen-bond acceptors (Lipinski definition) is 11. The maximum absolute atomic E-state index is 12.4. The average Bonchev–Trinajstić information content (AvgIpc) is 3.48. The summed E-state index contributed by atoms with van der Waals surface area (Å²) in [6, 6.07) is 5.62. The molecular formula is C25H28N8O5. The number of aliphatic hydroxyl groups is 2. The first-order valence-corrected chi connectivity index (χ1v) is 12.1. The van der Waals surface area contributed by atoms with E-state index in [0.29, 0.717) is 47.2 Å². The van der Waals surface area contributed by atoms with E-state index in [-0.39, 0.29) is 0 Å². The highest BCUT2D eigenvalue weighted by molar-refractivity contribution is 5.85. The molecule has 1 fully saturated rings. The summed E-state index contributed by atoms with van der Waals surface area (Å²) in [5.74, 6) is 0.749. The summed E-state index contributed by atoms with van der Waals surface area (Å²) in [6.45, 7) is 4.47. The van der Waals surface area contributed by atoms with Gasteiger partial charge in [-0.25, -0.2) is 15.0 Å². The van der Waals surface area contributed by atoms with Gasteiger partial charge in [0, 0.05) is 24.5 Å². The van der Waals surface area contributed by atoms with Crippen LogP contribution in [0.4, 0.5) is 5.82 Å². The monoisotopic (exact) mass is 520 g/mol. The minimum atomic E-state index is -1.43. The van der Waals surface area contributed by atoms with Crippen molar-refractivity contribution in [2.45, 2.75) is 44.9 Å². The fourth-order valence-corrected chi connectivity index (χ4v) is 4.26. The van der Waals surface area contributed by atoms with Crippen LogP contribution < -0.4 is 15.4 Å². The number of methoxy groups -OCH3 is 1. The van der Waals surface area contributed by atoms with Gasteiger partial charge < -0.3 is 30.3 Å². The number of aliphatic hydroxyl groups excluding tert-OH is 2. The van der Waals surface area contributed by atoms with Gasteiger partial charge in [0.1, 0.15) is 18.0 Å². The third-order valence-electron chi connectivity index (χ3n) is 6.16. The summed E-state index contributed by atoms with van der Waals surface area (Å²) in [5, 5.41) is 27.2. The van der Waals surface area contributed by atoms with Crippen LogP contribution in [0, 0.1) is 6.92 Å². The lowest BCUT2D eigenvalue weighted by molar-refractivity contribution is -0.137. The number of fused-ring (bicyclic) bond motifs is 1. The molecule has 0 radical (unpaired) electrons. The van der Waals surface area contributed by atoms with Crippen molar-refractivity contribution < 1.29 is 24.5 Å². The van der Waals surface area contributed by atoms with Crippen LogP contribution in [0.1, 0.15) is 24.4 Å². The zero-order valence-corrected chi connectivity index (χ0v) is 21.1. The van der Waals surface area contributed by atoms with Crippen molar-refractivity contribution in [2.75, 3.05) is 19.0 Å². The summed E-state index contributed by atoms with van der Waals surface area (Å²) >= 11 is 0. The van der Waals surface area contributed by atoms with Crippen LogP contribution in [-0.4, -0.2) is 77.6 Å². The van der Waals surface area contributed by atoms with Crippen LogP contribution >= 0.6 is 0 Å². The smallest absolute Gasteiger partial charge is 0.252 e. The van der Waals surface area contributed by atoms with Gasteiger partial charge >= 0.3 is 0 Å². The average molecular weight is 521 g/mol. The van der Waals surface area contributed by atoms with E-state index in [2.05, 4.69) is 35.6 Å². The Morgan fingerprint density at radius 2 is 2.03 bits per heavy atom. The van der Waals surface area contributed by atoms with Crippen molar-refractivity contribution in [3.05, 3.63) is 54.4 Å². The first-order valence-electron chi connectivity index (χ1n) is 12.1. The summed E-state index contributed by atoms with van der Waals surface area (Å²) in [7, 11) is 1.54. The van der Waals surface area contributed by atoms with Gasteiger partial charge in [0.05, 0.1) is 31.9 Å². The van der Waals surface area contributed by atoms with Crippen LogP contribution in [0.3, 0.4) is 0 Å². The molecule has 13 nitrogen and oxygen atoms in total. The van der Waals surface area contributed by atoms with Gasteiger partial charge in [-0.1, -0.05) is 0 Å². The number of carbonyl (C=O) groups is 1. The zero-order valence-electron chi connectivity index (χ0n) is 21.1. The second-order valence-electron chi connectivity index (χ2n) is 8.83. The molecule has 0 unspecified atom stereocenters. The second kappa shape index (κ2) is 10.7. The number of pyridine rings is 2. The number of rotatable bonds is 8. The van der Waals surface area contributed by atoms with Crippen molar-refractivity contribution in [3.8, 4) is 17.1 Å². The zero-order chi connectivity index (χ0) is 26.8. The fourth-order valence-electron chi connectivity index (χ4n) is 4.26. The van der Waals surface area contributed by atoms with E-state index in [1.54, 1.807) is 31.6 Å². The molecule has 5 heterocycles. The maximum Gasteiger partial charge on any atom is 0.252 e. The molecule has 4 aromatic rings. The molecule has 13 heteroatoms. The number of nitrogens with zero attached hydrogens (tertiary/aromatic N) is 6. The molecule has 0 spiro atoms. The molecule has 1 aliphatic heterocycles. The van der Waals surface area contributed by atoms with Crippen molar-refractivity contribution >= 4 is 22.9 Å². The Morgan fingerprint density at radius 3 is 2.79 bits per heavy atom. The van der Waals surface area contributed by atoms with Gasteiger partial charge in [0.15, 0.2) is 35.1 Å². The summed E-state index contributed by atoms with van der Waals surface area (Å²) in [5.41, 5.74) is 3.20. The Bertz CT molecular complexity index is 1460. The van der Waals surface area contributed by atoms with E-state index in [0.717, 1.165) is 11.3 Å². The predicted octanol–water partition coefficient (Wildman–Crippen LogP) is 0.968. The molecule has 198 valence electrons. The van der Waals surface area contributed by atoms with Gasteiger partial charge in [-0.05, 0) is 37.6 Å². The highest BCUT2D eigenvalue weighted by atomic mass is 16.6. The van der Waals surface area contributed by atoms with E-state index in [1.807, 2.05) is 19.1 Å². The molecule has 1 aliphatic rings. The normalized spacial score (nSPS) is 21.0. The number of carbonyl (C=O) groups excluding carboxylic acids is 1. The third-order valence-corrected chi connectivity index (χ3v) is 6.16. The fraction of sp³-hybridized carbons (Fsp3) is 0.360. The van der Waals surface area contributed by atoms with Gasteiger partial charge in [-0.2, -0.15) is 0 Å². The van der Waals surface area contributed by atoms with Crippen LogP contribution in [-0.2, 0) is 16.1 Å². The molecule has 4 N–H and O–H groups in total. The minimum absolute atomic E-state index is 0.318. The quantitative estimate of drug-likeness (QED) is 0.261. The van der Waals surface area contributed by atoms with E-state index >= 15 is 0 Å². The SMILES string of the molecule is CCNC(=O)[C@H]1O[C@@H](n2cnc3c(NCc4cc(C)ccn4)nc(-c4cncc(OC)c4)nc32)[C@H](O)[C@@H]1O. The highest BCUT2D eigenvalue weighted by Gasteiger charge is 2.47. The Labute approximate surface area is 217 Å². The van der Waals surface area contributed by atoms with Crippen LogP contribution in [0.2, 0.25) is 0 Å². The van der Waals surface area contributed by atoms with Crippen molar-refractivity contribution in [1.82, 2.24) is 34.8 Å². The maximum atomic E-state index is 12.4. The first kappa shape index (κ1) is 25.4. The Kier molecular flexibility index (Phi) is 7.13. The van der Waals surface area contributed by atoms with Gasteiger partial charge in [-0.3, -0.25) is 19.3 Å². The van der Waals surface area contributed by atoms with Crippen LogP contribution in [0.25, 0.3) is 22.6 Å². The largest absolute Gasteiger partial charge is 0.495 e. The third kappa shape index (κ3) is 4.86. The summed E-state index contributed by atoms with van der Waals surface area (Å²) < 4.78 is 12.6. The van der Waals surface area contributed by atoms with Crippen LogP contribution in [0.5, 0.6) is 5.75 Å². The van der Waals surface area contributed by atoms with Crippen molar-refractivity contribution in [1.29, 1.82) is 0 Å². The molecule has 0 aromatic carbocycles. The number of aromatic nitrogens is 6. The molecule has 0 bridgehead atoms. The molecular weight excluding hydrogens is 492 g/mol. The van der Waals surface area contributed by atoms with Crippen molar-refractivity contribution in [3.63, 3.8) is 0 Å².